The summed E-state index contributed by atoms with van der Waals surface area (Å²) in [5.41, 5.74) is 1.11. The predicted molar refractivity (Wildman–Crippen MR) is 170 cm³/mol. The highest BCUT2D eigenvalue weighted by Crippen LogP contribution is 2.76. The first-order chi connectivity index (χ1) is 20.0. The Bertz CT molecular complexity index is 1320. The van der Waals surface area contributed by atoms with Crippen LogP contribution in [-0.4, -0.2) is 43.4 Å². The van der Waals surface area contributed by atoms with Crippen molar-refractivity contribution >= 4 is 16.1 Å². The second-order valence-corrected chi connectivity index (χ2v) is 17.5. The molecule has 242 valence electrons. The summed E-state index contributed by atoms with van der Waals surface area (Å²) in [6, 6.07) is 5.83. The number of urea groups is 1. The topological polar surface area (TPSA) is 116 Å². The quantitative estimate of drug-likeness (QED) is 0.282. The maximum atomic E-state index is 12.7. The van der Waals surface area contributed by atoms with Crippen molar-refractivity contribution in [1.82, 2.24) is 10.0 Å². The molecule has 0 unspecified atom stereocenters. The SMILES string of the molecule is CC[C@H]1[C@@H](O)[C@H]2[C@@H]3CC[C@](C)([C@H](C)CCNC(=O)NS(=O)(=O)c4cccc(C)c4)[C@@]3(C)CC[C@]2(C)[C@@]2(C)CC[C@@H](O)C[C@@H]12. The van der Waals surface area contributed by atoms with Crippen LogP contribution in [0.2, 0.25) is 0 Å². The van der Waals surface area contributed by atoms with E-state index in [-0.39, 0.29) is 50.6 Å². The molecule has 11 atom stereocenters. The van der Waals surface area contributed by atoms with Gasteiger partial charge in [0, 0.05) is 6.54 Å². The van der Waals surface area contributed by atoms with Crippen molar-refractivity contribution < 1.29 is 23.4 Å². The van der Waals surface area contributed by atoms with Crippen LogP contribution in [0.3, 0.4) is 0 Å². The average Bonchev–Trinajstić information content (AvgIpc) is 3.21. The van der Waals surface area contributed by atoms with E-state index in [1.807, 2.05) is 13.0 Å². The minimum Gasteiger partial charge on any atom is -0.393 e. The minimum atomic E-state index is -3.93. The molecule has 1 aromatic carbocycles. The zero-order valence-corrected chi connectivity index (χ0v) is 28.3. The minimum absolute atomic E-state index is 0.0456. The number of aliphatic hydroxyl groups excluding tert-OH is 2. The number of amides is 2. The monoisotopic (exact) mass is 616 g/mol. The van der Waals surface area contributed by atoms with E-state index in [0.29, 0.717) is 24.3 Å². The third-order valence-electron chi connectivity index (χ3n) is 14.3. The molecule has 4 fully saturated rings. The molecule has 0 radical (unpaired) electrons. The summed E-state index contributed by atoms with van der Waals surface area (Å²) >= 11 is 0. The number of carbonyl (C=O) groups excluding carboxylic acids is 1. The van der Waals surface area contributed by atoms with Gasteiger partial charge < -0.3 is 15.5 Å². The van der Waals surface area contributed by atoms with Crippen LogP contribution in [0.1, 0.15) is 105 Å². The smallest absolute Gasteiger partial charge is 0.328 e. The molecule has 4 N–H and O–H groups in total. The van der Waals surface area contributed by atoms with Crippen LogP contribution in [-0.2, 0) is 10.0 Å². The summed E-state index contributed by atoms with van der Waals surface area (Å²) in [5, 5.41) is 25.6. The molecule has 43 heavy (non-hydrogen) atoms. The standard InChI is InChI=1S/C35H56N2O5S/c1-8-26-28-21-24(38)12-15-33(28,5)35(7)18-17-34(6)27(29(35)30(26)39)13-16-32(34,4)23(3)14-19-36-31(40)37-43(41,42)25-11-9-10-22(2)20-25/h9-11,20,23-24,26-30,38-39H,8,12-19,21H2,1-7H3,(H2,36,37,40)/t23-,24-,26-,27+,28+,29-,30-,32-,33+,34+,35+/m1/s1. The van der Waals surface area contributed by atoms with Crippen LogP contribution in [0, 0.1) is 58.2 Å². The van der Waals surface area contributed by atoms with Crippen molar-refractivity contribution in [1.29, 1.82) is 0 Å². The molecular formula is C35H56N2O5S. The molecule has 0 heterocycles. The van der Waals surface area contributed by atoms with Gasteiger partial charge in [-0.15, -0.1) is 0 Å². The van der Waals surface area contributed by atoms with Crippen molar-refractivity contribution in [2.24, 2.45) is 51.2 Å². The van der Waals surface area contributed by atoms with Gasteiger partial charge in [-0.05, 0) is 127 Å². The second kappa shape index (κ2) is 11.3. The first-order valence-corrected chi connectivity index (χ1v) is 18.3. The van der Waals surface area contributed by atoms with E-state index in [4.69, 9.17) is 0 Å². The molecule has 7 nitrogen and oxygen atoms in total. The number of rotatable bonds is 7. The number of hydrogen-bond donors (Lipinski definition) is 4. The van der Waals surface area contributed by atoms with Gasteiger partial charge in [0.15, 0.2) is 0 Å². The zero-order chi connectivity index (χ0) is 31.6. The number of carbonyl (C=O) groups is 1. The Hall–Kier alpha value is -1.64. The van der Waals surface area contributed by atoms with E-state index in [1.54, 1.807) is 12.1 Å². The van der Waals surface area contributed by atoms with E-state index in [9.17, 15) is 23.4 Å². The Labute approximate surface area is 260 Å². The lowest BCUT2D eigenvalue weighted by atomic mass is 9.35. The first kappa shape index (κ1) is 32.7. The number of aryl methyl sites for hydroxylation is 1. The Morgan fingerprint density at radius 2 is 1.70 bits per heavy atom. The number of fused-ring (bicyclic) bond motifs is 5. The molecular weight excluding hydrogens is 560 g/mol. The average molecular weight is 617 g/mol. The molecule has 4 aliphatic carbocycles. The summed E-state index contributed by atoms with van der Waals surface area (Å²) in [5.74, 6) is 1.58. The maximum absolute atomic E-state index is 12.7. The van der Waals surface area contributed by atoms with Crippen molar-refractivity contribution in [2.45, 2.75) is 123 Å². The van der Waals surface area contributed by atoms with Gasteiger partial charge in [0.25, 0.3) is 10.0 Å². The predicted octanol–water partition coefficient (Wildman–Crippen LogP) is 6.42. The lowest BCUT2D eigenvalue weighted by Crippen LogP contribution is -2.67. The van der Waals surface area contributed by atoms with Gasteiger partial charge in [0.05, 0.1) is 17.1 Å². The maximum Gasteiger partial charge on any atom is 0.328 e. The number of hydrogen-bond acceptors (Lipinski definition) is 5. The molecule has 5 rings (SSSR count). The van der Waals surface area contributed by atoms with Crippen LogP contribution < -0.4 is 10.0 Å². The Kier molecular flexibility index (Phi) is 8.61. The van der Waals surface area contributed by atoms with Gasteiger partial charge in [-0.25, -0.2) is 17.9 Å². The van der Waals surface area contributed by atoms with Gasteiger partial charge in [-0.1, -0.05) is 60.1 Å². The Balaban J connectivity index is 1.29. The third-order valence-corrected chi connectivity index (χ3v) is 15.7. The molecule has 2 amide bonds. The summed E-state index contributed by atoms with van der Waals surface area (Å²) in [4.78, 5) is 12.7. The van der Waals surface area contributed by atoms with Gasteiger partial charge in [0.2, 0.25) is 0 Å². The van der Waals surface area contributed by atoms with Gasteiger partial charge in [-0.3, -0.25) is 0 Å². The number of sulfonamides is 1. The fourth-order valence-corrected chi connectivity index (χ4v) is 12.2. The summed E-state index contributed by atoms with van der Waals surface area (Å²) < 4.78 is 27.5. The fourth-order valence-electron chi connectivity index (χ4n) is 11.2. The highest BCUT2D eigenvalue weighted by molar-refractivity contribution is 7.90. The summed E-state index contributed by atoms with van der Waals surface area (Å²) in [7, 11) is -3.93. The van der Waals surface area contributed by atoms with Crippen LogP contribution in [0.25, 0.3) is 0 Å². The largest absolute Gasteiger partial charge is 0.393 e. The molecule has 8 heteroatoms. The normalized spacial score (nSPS) is 43.2. The zero-order valence-electron chi connectivity index (χ0n) is 27.4. The highest BCUT2D eigenvalue weighted by atomic mass is 32.2. The molecule has 0 aliphatic heterocycles. The van der Waals surface area contributed by atoms with Crippen LogP contribution in [0.5, 0.6) is 0 Å². The van der Waals surface area contributed by atoms with E-state index in [0.717, 1.165) is 63.4 Å². The second-order valence-electron chi connectivity index (χ2n) is 15.8. The molecule has 0 aromatic heterocycles. The van der Waals surface area contributed by atoms with Crippen molar-refractivity contribution in [2.75, 3.05) is 6.54 Å². The molecule has 4 saturated carbocycles. The van der Waals surface area contributed by atoms with Crippen LogP contribution in [0.4, 0.5) is 4.79 Å². The van der Waals surface area contributed by atoms with Crippen LogP contribution in [0.15, 0.2) is 29.2 Å². The van der Waals surface area contributed by atoms with Gasteiger partial charge >= 0.3 is 6.03 Å². The lowest BCUT2D eigenvalue weighted by molar-refractivity contribution is -0.253. The first-order valence-electron chi connectivity index (χ1n) is 16.8. The molecule has 0 bridgehead atoms. The Morgan fingerprint density at radius 1 is 1.00 bits per heavy atom. The number of nitrogens with one attached hydrogen (secondary N) is 2. The van der Waals surface area contributed by atoms with Crippen molar-refractivity contribution in [3.8, 4) is 0 Å². The van der Waals surface area contributed by atoms with Crippen LogP contribution >= 0.6 is 0 Å². The van der Waals surface area contributed by atoms with Crippen molar-refractivity contribution in [3.63, 3.8) is 0 Å². The van der Waals surface area contributed by atoms with E-state index in [2.05, 4.69) is 51.6 Å². The van der Waals surface area contributed by atoms with E-state index in [1.165, 1.54) is 6.07 Å². The van der Waals surface area contributed by atoms with E-state index < -0.39 is 16.1 Å². The number of aliphatic hydroxyl groups is 2. The summed E-state index contributed by atoms with van der Waals surface area (Å²) in [6.07, 6.45) is 8.27. The lowest BCUT2D eigenvalue weighted by Gasteiger charge is -2.70. The fraction of sp³-hybridized carbons (Fsp3) is 0.800. The van der Waals surface area contributed by atoms with Gasteiger partial charge in [-0.2, -0.15) is 0 Å². The molecule has 4 aliphatic rings. The number of benzene rings is 1. The third kappa shape index (κ3) is 5.06. The Morgan fingerprint density at radius 3 is 2.37 bits per heavy atom. The van der Waals surface area contributed by atoms with Crippen molar-refractivity contribution in [3.05, 3.63) is 29.8 Å². The highest BCUT2D eigenvalue weighted by Gasteiger charge is 2.71. The molecule has 0 spiro atoms. The molecule has 1 aromatic rings. The van der Waals surface area contributed by atoms with Gasteiger partial charge in [0.1, 0.15) is 0 Å². The molecule has 0 saturated heterocycles. The van der Waals surface area contributed by atoms with E-state index >= 15 is 0 Å². The summed E-state index contributed by atoms with van der Waals surface area (Å²) in [6.45, 7) is 16.6.